The Balaban J connectivity index is 1.42. The zero-order chi connectivity index (χ0) is 24.3. The second kappa shape index (κ2) is 7.91. The first-order valence-electron chi connectivity index (χ1n) is 11.6. The number of halogens is 1. The first-order chi connectivity index (χ1) is 16.1. The second-order valence-electron chi connectivity index (χ2n) is 10.3. The zero-order valence-electron chi connectivity index (χ0n) is 19.9. The highest BCUT2D eigenvalue weighted by molar-refractivity contribution is 6.00. The van der Waals surface area contributed by atoms with Crippen molar-refractivity contribution in [3.63, 3.8) is 0 Å². The van der Waals surface area contributed by atoms with Gasteiger partial charge in [0.25, 0.3) is 5.91 Å². The van der Waals surface area contributed by atoms with Crippen molar-refractivity contribution in [2.24, 2.45) is 0 Å². The number of benzene rings is 2. The number of anilines is 1. The lowest BCUT2D eigenvalue weighted by Gasteiger charge is -2.45. The molecule has 5 rings (SSSR count). The fourth-order valence-electron chi connectivity index (χ4n) is 5.77. The van der Waals surface area contributed by atoms with E-state index in [4.69, 9.17) is 0 Å². The molecule has 178 valence electrons. The summed E-state index contributed by atoms with van der Waals surface area (Å²) in [6, 6.07) is 10.0. The van der Waals surface area contributed by atoms with Crippen LogP contribution in [-0.2, 0) is 0 Å². The molecule has 0 radical (unpaired) electrons. The number of rotatable bonds is 4. The molecule has 0 unspecified atom stereocenters. The van der Waals surface area contributed by atoms with Crippen molar-refractivity contribution in [3.05, 3.63) is 47.8 Å². The molecule has 0 saturated carbocycles. The second-order valence-corrected chi connectivity index (χ2v) is 10.3. The van der Waals surface area contributed by atoms with Gasteiger partial charge in [0.2, 0.25) is 0 Å². The van der Waals surface area contributed by atoms with Gasteiger partial charge in [-0.05, 0) is 86.7 Å². The van der Waals surface area contributed by atoms with Gasteiger partial charge in [0.1, 0.15) is 11.6 Å². The molecule has 2 aromatic carbocycles. The number of phenolic OH excluding ortho intramolecular Hbond substituents is 1. The van der Waals surface area contributed by atoms with E-state index >= 15 is 0 Å². The van der Waals surface area contributed by atoms with Crippen molar-refractivity contribution in [3.8, 4) is 17.0 Å². The number of nitrogens with one attached hydrogen (secondary N) is 2. The summed E-state index contributed by atoms with van der Waals surface area (Å²) in [4.78, 5) is 14.1. The summed E-state index contributed by atoms with van der Waals surface area (Å²) in [5.41, 5.74) is 1.20. The number of fused-ring (bicyclic) bond motifs is 3. The molecule has 34 heavy (non-hydrogen) atoms. The Bertz CT molecular complexity index is 1260. The zero-order valence-corrected chi connectivity index (χ0v) is 19.9. The van der Waals surface area contributed by atoms with Crippen LogP contribution in [0.1, 0.15) is 49.9 Å². The minimum atomic E-state index is -0.620. The normalized spacial score (nSPS) is 26.0. The van der Waals surface area contributed by atoms with Crippen LogP contribution in [-0.4, -0.2) is 52.4 Å². The summed E-state index contributed by atoms with van der Waals surface area (Å²) in [6.45, 7) is 4.60. The van der Waals surface area contributed by atoms with Gasteiger partial charge in [-0.1, -0.05) is 0 Å². The van der Waals surface area contributed by atoms with Crippen LogP contribution in [0.3, 0.4) is 0 Å². The van der Waals surface area contributed by atoms with Gasteiger partial charge in [0.05, 0.1) is 11.3 Å². The van der Waals surface area contributed by atoms with E-state index in [1.165, 1.54) is 38.1 Å². The fourth-order valence-corrected chi connectivity index (χ4v) is 5.77. The summed E-state index contributed by atoms with van der Waals surface area (Å²) in [5, 5.41) is 26.8. The summed E-state index contributed by atoms with van der Waals surface area (Å²) >= 11 is 0. The van der Waals surface area contributed by atoms with E-state index in [-0.39, 0.29) is 22.4 Å². The molecule has 3 heterocycles. The molecule has 3 atom stereocenters. The van der Waals surface area contributed by atoms with Gasteiger partial charge in [0, 0.05) is 36.8 Å². The van der Waals surface area contributed by atoms with E-state index in [9.17, 15) is 14.3 Å². The molecular weight excluding hydrogens is 433 g/mol. The number of carbonyl (C=O) groups excluding carboxylic acids is 1. The smallest absolute Gasteiger partial charge is 0.254 e. The maximum absolute atomic E-state index is 14.5. The molecule has 2 saturated heterocycles. The van der Waals surface area contributed by atoms with E-state index in [0.717, 1.165) is 18.7 Å². The van der Waals surface area contributed by atoms with E-state index in [1.807, 2.05) is 12.1 Å². The van der Waals surface area contributed by atoms with Gasteiger partial charge in [-0.15, -0.1) is 10.2 Å². The van der Waals surface area contributed by atoms with Crippen molar-refractivity contribution in [2.75, 3.05) is 19.0 Å². The first-order valence-corrected chi connectivity index (χ1v) is 11.6. The lowest BCUT2D eigenvalue weighted by molar-refractivity contribution is 0.0959. The number of aromatic nitrogens is 2. The van der Waals surface area contributed by atoms with E-state index in [0.29, 0.717) is 28.1 Å². The lowest BCUT2D eigenvalue weighted by Crippen LogP contribution is -2.58. The number of carbonyl (C=O) groups is 1. The Morgan fingerprint density at radius 1 is 1.12 bits per heavy atom. The van der Waals surface area contributed by atoms with Crippen molar-refractivity contribution in [1.29, 1.82) is 0 Å². The molecule has 7 nitrogen and oxygen atoms in total. The maximum Gasteiger partial charge on any atom is 0.254 e. The van der Waals surface area contributed by atoms with Crippen LogP contribution < -0.4 is 15.5 Å². The summed E-state index contributed by atoms with van der Waals surface area (Å²) in [5.74, 6) is -0.361. The van der Waals surface area contributed by atoms with Crippen molar-refractivity contribution < 1.29 is 14.3 Å². The summed E-state index contributed by atoms with van der Waals surface area (Å²) in [7, 11) is 3.51. The van der Waals surface area contributed by atoms with Crippen molar-refractivity contribution in [1.82, 2.24) is 20.8 Å². The Morgan fingerprint density at radius 2 is 1.79 bits per heavy atom. The Kier molecular flexibility index (Phi) is 5.24. The molecule has 3 aromatic rings. The maximum atomic E-state index is 14.5. The monoisotopic (exact) mass is 463 g/mol. The predicted octanol–water partition coefficient (Wildman–Crippen LogP) is 4.00. The quantitative estimate of drug-likeness (QED) is 0.542. The Hall–Kier alpha value is -3.26. The highest BCUT2D eigenvalue weighted by atomic mass is 19.1. The van der Waals surface area contributed by atoms with Crippen LogP contribution in [0.2, 0.25) is 0 Å². The molecule has 1 aromatic heterocycles. The van der Waals surface area contributed by atoms with Crippen molar-refractivity contribution in [2.45, 2.75) is 56.7 Å². The topological polar surface area (TPSA) is 90.4 Å². The molecule has 2 aliphatic rings. The fraction of sp³-hybridized carbons (Fsp3) is 0.423. The Morgan fingerprint density at radius 3 is 2.41 bits per heavy atom. The number of amides is 1. The molecule has 1 amide bonds. The molecular formula is C26H30FN5O2. The first kappa shape index (κ1) is 22.5. The minimum Gasteiger partial charge on any atom is -0.507 e. The van der Waals surface area contributed by atoms with Crippen molar-refractivity contribution >= 4 is 22.5 Å². The molecule has 3 N–H and O–H groups in total. The van der Waals surface area contributed by atoms with E-state index in [1.54, 1.807) is 6.07 Å². The molecule has 2 bridgehead atoms. The Labute approximate surface area is 198 Å². The van der Waals surface area contributed by atoms with Crippen LogP contribution in [0.25, 0.3) is 22.0 Å². The summed E-state index contributed by atoms with van der Waals surface area (Å²) < 4.78 is 14.5. The van der Waals surface area contributed by atoms with Gasteiger partial charge < -0.3 is 20.6 Å². The number of aromatic hydroxyl groups is 1. The molecule has 8 heteroatoms. The summed E-state index contributed by atoms with van der Waals surface area (Å²) in [6.07, 6.45) is 4.48. The number of piperidine rings is 1. The standard InChI is InChI=1S/C26H30FN5O2/c1-25-7-8-26(2,31-25)14-17(13-25)32(4)23-6-5-21(29-30-23)19-10-15-11-20(27)18(24(34)28-3)9-16(15)12-22(19)33/h5-6,9-12,17,31,33H,7-8,13-14H2,1-4H3,(H,28,34)/t17-,25+,26-. The van der Waals surface area contributed by atoms with E-state index < -0.39 is 11.7 Å². The lowest BCUT2D eigenvalue weighted by atomic mass is 9.84. The molecule has 2 aliphatic heterocycles. The van der Waals surface area contributed by atoms with Crippen LogP contribution in [0, 0.1) is 5.82 Å². The highest BCUT2D eigenvalue weighted by Crippen LogP contribution is 2.44. The SMILES string of the molecule is CNC(=O)c1cc2cc(O)c(-c3ccc(N(C)[C@@H]4C[C@]5(C)CC[C@](C)(C4)N5)nn3)cc2cc1F. The third kappa shape index (κ3) is 3.86. The van der Waals surface area contributed by atoms with Crippen LogP contribution in [0.15, 0.2) is 36.4 Å². The van der Waals surface area contributed by atoms with E-state index in [2.05, 4.69) is 46.6 Å². The van der Waals surface area contributed by atoms with Gasteiger partial charge in [0.15, 0.2) is 5.82 Å². The highest BCUT2D eigenvalue weighted by Gasteiger charge is 2.49. The largest absolute Gasteiger partial charge is 0.507 e. The minimum absolute atomic E-state index is 0.00634. The number of nitrogens with zero attached hydrogens (tertiary/aromatic N) is 3. The predicted molar refractivity (Wildman–Crippen MR) is 131 cm³/mol. The van der Waals surface area contributed by atoms with Gasteiger partial charge >= 0.3 is 0 Å². The molecule has 0 spiro atoms. The number of hydrogen-bond acceptors (Lipinski definition) is 6. The molecule has 0 aliphatic carbocycles. The third-order valence-corrected chi connectivity index (χ3v) is 7.55. The molecule has 2 fully saturated rings. The number of phenols is 1. The van der Waals surface area contributed by atoms with Gasteiger partial charge in [-0.2, -0.15) is 0 Å². The average molecular weight is 464 g/mol. The van der Waals surface area contributed by atoms with Gasteiger partial charge in [-0.25, -0.2) is 4.39 Å². The average Bonchev–Trinajstić information content (AvgIpc) is 3.04. The van der Waals surface area contributed by atoms with Crippen LogP contribution in [0.5, 0.6) is 5.75 Å². The third-order valence-electron chi connectivity index (χ3n) is 7.55. The van der Waals surface area contributed by atoms with Crippen LogP contribution in [0.4, 0.5) is 10.2 Å². The number of hydrogen-bond donors (Lipinski definition) is 3. The van der Waals surface area contributed by atoms with Crippen LogP contribution >= 0.6 is 0 Å². The van der Waals surface area contributed by atoms with Gasteiger partial charge in [-0.3, -0.25) is 4.79 Å².